The van der Waals surface area contributed by atoms with Gasteiger partial charge in [0.15, 0.2) is 5.82 Å². The number of carbonyl (C=O) groups is 1. The number of hydrogen-bond acceptors (Lipinski definition) is 4. The lowest BCUT2D eigenvalue weighted by atomic mass is 10.2. The predicted molar refractivity (Wildman–Crippen MR) is 57.6 cm³/mol. The lowest BCUT2D eigenvalue weighted by molar-refractivity contribution is 0.102. The number of anilines is 1. The molecule has 2 rings (SSSR count). The fraction of sp³-hybridized carbons (Fsp3) is 0. The molecule has 0 saturated heterocycles. The van der Waals surface area contributed by atoms with Crippen LogP contribution >= 0.6 is 11.6 Å². The molecule has 2 aromatic rings. The zero-order valence-corrected chi connectivity index (χ0v) is 8.73. The maximum atomic E-state index is 11.7. The van der Waals surface area contributed by atoms with Gasteiger partial charge in [-0.15, -0.1) is 0 Å². The summed E-state index contributed by atoms with van der Waals surface area (Å²) < 4.78 is 4.55. The average Bonchev–Trinajstić information content (AvgIpc) is 2.74. The van der Waals surface area contributed by atoms with E-state index in [2.05, 4.69) is 15.0 Å². The van der Waals surface area contributed by atoms with E-state index >= 15 is 0 Å². The molecule has 0 bridgehead atoms. The summed E-state index contributed by atoms with van der Waals surface area (Å²) in [6.07, 6.45) is 1.33. The van der Waals surface area contributed by atoms with E-state index in [0.29, 0.717) is 5.02 Å². The summed E-state index contributed by atoms with van der Waals surface area (Å²) in [4.78, 5) is 11.7. The summed E-state index contributed by atoms with van der Waals surface area (Å²) in [7, 11) is 0. The average molecular weight is 239 g/mol. The highest BCUT2D eigenvalue weighted by Crippen LogP contribution is 2.22. The van der Waals surface area contributed by atoms with E-state index in [9.17, 15) is 9.90 Å². The summed E-state index contributed by atoms with van der Waals surface area (Å²) in [5.41, 5.74) is 0.0792. The Balaban J connectivity index is 2.24. The molecule has 0 unspecified atom stereocenters. The Morgan fingerprint density at radius 2 is 2.25 bits per heavy atom. The van der Waals surface area contributed by atoms with Gasteiger partial charge in [-0.25, -0.2) is 0 Å². The molecule has 0 spiro atoms. The molecule has 1 amide bonds. The van der Waals surface area contributed by atoms with Gasteiger partial charge in [0.05, 0.1) is 5.56 Å². The molecule has 1 aromatic heterocycles. The van der Waals surface area contributed by atoms with Gasteiger partial charge in [0.25, 0.3) is 5.91 Å². The van der Waals surface area contributed by atoms with Crippen LogP contribution in [0.3, 0.4) is 0 Å². The van der Waals surface area contributed by atoms with Gasteiger partial charge >= 0.3 is 0 Å². The first-order valence-electron chi connectivity index (χ1n) is 4.37. The van der Waals surface area contributed by atoms with Crippen molar-refractivity contribution in [3.63, 3.8) is 0 Å². The number of rotatable bonds is 2. The highest BCUT2D eigenvalue weighted by Gasteiger charge is 2.12. The van der Waals surface area contributed by atoms with E-state index in [4.69, 9.17) is 11.6 Å². The molecule has 0 aliphatic heterocycles. The number of carbonyl (C=O) groups excluding carboxylic acids is 1. The van der Waals surface area contributed by atoms with Crippen molar-refractivity contribution in [2.75, 3.05) is 5.32 Å². The van der Waals surface area contributed by atoms with Crippen molar-refractivity contribution in [2.24, 2.45) is 0 Å². The molecule has 82 valence electrons. The van der Waals surface area contributed by atoms with Gasteiger partial charge in [0.2, 0.25) is 0 Å². The monoisotopic (exact) mass is 238 g/mol. The fourth-order valence-corrected chi connectivity index (χ4v) is 1.32. The lowest BCUT2D eigenvalue weighted by Crippen LogP contribution is -2.12. The number of aromatic hydroxyl groups is 1. The zero-order chi connectivity index (χ0) is 11.5. The van der Waals surface area contributed by atoms with Gasteiger partial charge in [-0.2, -0.15) is 0 Å². The second-order valence-electron chi connectivity index (χ2n) is 3.00. The summed E-state index contributed by atoms with van der Waals surface area (Å²) in [5.74, 6) is -0.385. The molecule has 0 fully saturated rings. The number of phenolic OH excluding ortho intramolecular Hbond substituents is 1. The van der Waals surface area contributed by atoms with Crippen molar-refractivity contribution in [1.82, 2.24) is 5.16 Å². The molecule has 5 nitrogen and oxygen atoms in total. The second-order valence-corrected chi connectivity index (χ2v) is 3.44. The third kappa shape index (κ3) is 2.14. The fourth-order valence-electron chi connectivity index (χ4n) is 1.15. The largest absolute Gasteiger partial charge is 0.507 e. The Labute approximate surface area is 95.6 Å². The number of halogens is 1. The van der Waals surface area contributed by atoms with Gasteiger partial charge < -0.3 is 14.9 Å². The molecular weight excluding hydrogens is 232 g/mol. The minimum Gasteiger partial charge on any atom is -0.507 e. The third-order valence-electron chi connectivity index (χ3n) is 1.88. The van der Waals surface area contributed by atoms with Crippen LogP contribution in [0.25, 0.3) is 0 Å². The molecular formula is C10H7ClN2O3. The van der Waals surface area contributed by atoms with E-state index in [1.165, 1.54) is 30.5 Å². The van der Waals surface area contributed by atoms with Crippen molar-refractivity contribution in [3.8, 4) is 5.75 Å². The first-order chi connectivity index (χ1) is 7.66. The van der Waals surface area contributed by atoms with E-state index in [0.717, 1.165) is 0 Å². The predicted octanol–water partition coefficient (Wildman–Crippen LogP) is 2.29. The summed E-state index contributed by atoms with van der Waals surface area (Å²) in [5, 5.41) is 15.8. The number of benzene rings is 1. The first-order valence-corrected chi connectivity index (χ1v) is 4.75. The van der Waals surface area contributed by atoms with Crippen LogP contribution in [0.15, 0.2) is 35.1 Å². The molecule has 0 aliphatic rings. The van der Waals surface area contributed by atoms with Gasteiger partial charge in [0.1, 0.15) is 12.0 Å². The van der Waals surface area contributed by atoms with Crippen LogP contribution in [0, 0.1) is 0 Å². The maximum absolute atomic E-state index is 11.7. The number of nitrogens with one attached hydrogen (secondary N) is 1. The molecule has 0 saturated carbocycles. The molecule has 0 radical (unpaired) electrons. The van der Waals surface area contributed by atoms with Crippen LogP contribution in [0.1, 0.15) is 10.4 Å². The number of amides is 1. The summed E-state index contributed by atoms with van der Waals surface area (Å²) in [6.45, 7) is 0. The minimum atomic E-state index is -0.506. The molecule has 1 aromatic carbocycles. The smallest absolute Gasteiger partial charge is 0.260 e. The molecule has 0 atom stereocenters. The Bertz CT molecular complexity index is 511. The van der Waals surface area contributed by atoms with Gasteiger partial charge in [-0.3, -0.25) is 4.79 Å². The van der Waals surface area contributed by atoms with Crippen LogP contribution in [0.4, 0.5) is 5.82 Å². The van der Waals surface area contributed by atoms with Crippen LogP contribution < -0.4 is 5.32 Å². The third-order valence-corrected chi connectivity index (χ3v) is 2.12. The Morgan fingerprint density at radius 3 is 2.94 bits per heavy atom. The molecule has 1 heterocycles. The highest BCUT2D eigenvalue weighted by atomic mass is 35.5. The number of phenols is 1. The lowest BCUT2D eigenvalue weighted by Gasteiger charge is -2.04. The second kappa shape index (κ2) is 4.24. The van der Waals surface area contributed by atoms with Gasteiger partial charge in [0, 0.05) is 11.1 Å². The molecule has 2 N–H and O–H groups in total. The highest BCUT2D eigenvalue weighted by molar-refractivity contribution is 6.31. The van der Waals surface area contributed by atoms with Crippen LogP contribution in [-0.4, -0.2) is 16.2 Å². The van der Waals surface area contributed by atoms with Crippen LogP contribution in [-0.2, 0) is 0 Å². The quantitative estimate of drug-likeness (QED) is 0.842. The number of hydrogen-bond donors (Lipinski definition) is 2. The van der Waals surface area contributed by atoms with E-state index < -0.39 is 5.91 Å². The SMILES string of the molecule is O=C(Nc1ccon1)c1cc(Cl)ccc1O. The summed E-state index contributed by atoms with van der Waals surface area (Å²) >= 11 is 5.72. The Morgan fingerprint density at radius 1 is 1.44 bits per heavy atom. The van der Waals surface area contributed by atoms with E-state index in [-0.39, 0.29) is 17.1 Å². The van der Waals surface area contributed by atoms with Crippen molar-refractivity contribution in [1.29, 1.82) is 0 Å². The van der Waals surface area contributed by atoms with Gasteiger partial charge in [-0.1, -0.05) is 16.8 Å². The van der Waals surface area contributed by atoms with E-state index in [1.807, 2.05) is 0 Å². The normalized spacial score (nSPS) is 10.1. The molecule has 6 heteroatoms. The van der Waals surface area contributed by atoms with Crippen molar-refractivity contribution in [2.45, 2.75) is 0 Å². The number of nitrogens with zero attached hydrogens (tertiary/aromatic N) is 1. The van der Waals surface area contributed by atoms with Crippen LogP contribution in [0.5, 0.6) is 5.75 Å². The van der Waals surface area contributed by atoms with E-state index in [1.54, 1.807) is 0 Å². The maximum Gasteiger partial charge on any atom is 0.260 e. The van der Waals surface area contributed by atoms with Crippen LogP contribution in [0.2, 0.25) is 5.02 Å². The Hall–Kier alpha value is -2.01. The minimum absolute atomic E-state index is 0.0792. The van der Waals surface area contributed by atoms with Gasteiger partial charge in [-0.05, 0) is 18.2 Å². The Kier molecular flexibility index (Phi) is 2.78. The zero-order valence-electron chi connectivity index (χ0n) is 7.98. The van der Waals surface area contributed by atoms with Crippen molar-refractivity contribution < 1.29 is 14.4 Å². The number of aromatic nitrogens is 1. The summed E-state index contributed by atoms with van der Waals surface area (Å²) in [6, 6.07) is 5.69. The van der Waals surface area contributed by atoms with Crippen molar-refractivity contribution >= 4 is 23.3 Å². The molecule has 16 heavy (non-hydrogen) atoms. The first kappa shape index (κ1) is 10.5. The topological polar surface area (TPSA) is 75.4 Å². The standard InChI is InChI=1S/C10H7ClN2O3/c11-6-1-2-8(14)7(5-6)10(15)12-9-3-4-16-13-9/h1-5,14H,(H,12,13,15). The van der Waals surface area contributed by atoms with Crippen molar-refractivity contribution in [3.05, 3.63) is 41.1 Å². The molecule has 0 aliphatic carbocycles.